The number of β-amino-alcohol motifs (C(OH)–C–C–N with tert-alkyl or cyclic N) is 1. The molecule has 1 aliphatic heterocycles. The third-order valence-corrected chi connectivity index (χ3v) is 2.38. The minimum atomic E-state index is -0.531. The van der Waals surface area contributed by atoms with E-state index in [-0.39, 0.29) is 5.28 Å². The van der Waals surface area contributed by atoms with E-state index in [0.717, 1.165) is 12.2 Å². The lowest BCUT2D eigenvalue weighted by atomic mass is 9.97. The van der Waals surface area contributed by atoms with E-state index in [1.54, 1.807) is 6.20 Å². The first-order valence-corrected chi connectivity index (χ1v) is 4.85. The van der Waals surface area contributed by atoms with Crippen LogP contribution in [0.1, 0.15) is 12.6 Å². The molecular formula is C9H12ClN3O. The van der Waals surface area contributed by atoms with Gasteiger partial charge in [-0.25, -0.2) is 9.97 Å². The fourth-order valence-corrected chi connectivity index (χ4v) is 1.88. The average Bonchev–Trinajstić information content (AvgIpc) is 2.00. The van der Waals surface area contributed by atoms with Crippen molar-refractivity contribution in [1.29, 1.82) is 0 Å². The maximum atomic E-state index is 9.52. The van der Waals surface area contributed by atoms with Crippen LogP contribution < -0.4 is 0 Å². The Hall–Kier alpha value is -0.710. The minimum Gasteiger partial charge on any atom is -0.388 e. The molecule has 1 saturated heterocycles. The number of hydrogen-bond acceptors (Lipinski definition) is 4. The molecule has 0 bridgehead atoms. The summed E-state index contributed by atoms with van der Waals surface area (Å²) in [6.45, 7) is 3.93. The highest BCUT2D eigenvalue weighted by Crippen LogP contribution is 2.21. The Morgan fingerprint density at radius 3 is 2.93 bits per heavy atom. The molecule has 0 aromatic carbocycles. The SMILES string of the molecule is CC1(O)CN(Cc2ccnc(Cl)n2)C1. The van der Waals surface area contributed by atoms with Crippen molar-refractivity contribution >= 4 is 11.6 Å². The van der Waals surface area contributed by atoms with Gasteiger partial charge < -0.3 is 5.11 Å². The molecular weight excluding hydrogens is 202 g/mol. The van der Waals surface area contributed by atoms with Crippen LogP contribution >= 0.6 is 11.6 Å². The summed E-state index contributed by atoms with van der Waals surface area (Å²) in [5.74, 6) is 0. The van der Waals surface area contributed by atoms with E-state index in [1.165, 1.54) is 0 Å². The van der Waals surface area contributed by atoms with Crippen LogP contribution in [0.5, 0.6) is 0 Å². The molecule has 1 aromatic rings. The second-order valence-electron chi connectivity index (χ2n) is 3.96. The molecule has 1 aromatic heterocycles. The van der Waals surface area contributed by atoms with Gasteiger partial charge in [0.15, 0.2) is 0 Å². The number of rotatable bonds is 2. The molecule has 5 heteroatoms. The zero-order valence-electron chi connectivity index (χ0n) is 7.94. The highest BCUT2D eigenvalue weighted by atomic mass is 35.5. The van der Waals surface area contributed by atoms with Gasteiger partial charge in [0, 0.05) is 25.8 Å². The van der Waals surface area contributed by atoms with Gasteiger partial charge in [0.05, 0.1) is 11.3 Å². The maximum absolute atomic E-state index is 9.52. The van der Waals surface area contributed by atoms with Crippen LogP contribution in [0.2, 0.25) is 5.28 Å². The molecule has 2 rings (SSSR count). The van der Waals surface area contributed by atoms with E-state index in [1.807, 2.05) is 13.0 Å². The largest absolute Gasteiger partial charge is 0.388 e. The second kappa shape index (κ2) is 3.46. The van der Waals surface area contributed by atoms with Gasteiger partial charge in [-0.15, -0.1) is 0 Å². The van der Waals surface area contributed by atoms with Gasteiger partial charge in [0.2, 0.25) is 5.28 Å². The van der Waals surface area contributed by atoms with E-state index in [9.17, 15) is 5.11 Å². The molecule has 2 heterocycles. The summed E-state index contributed by atoms with van der Waals surface area (Å²) in [6, 6.07) is 1.83. The monoisotopic (exact) mass is 213 g/mol. The van der Waals surface area contributed by atoms with Gasteiger partial charge >= 0.3 is 0 Å². The van der Waals surface area contributed by atoms with E-state index < -0.39 is 5.60 Å². The summed E-state index contributed by atoms with van der Waals surface area (Å²) in [4.78, 5) is 9.99. The van der Waals surface area contributed by atoms with Crippen LogP contribution in [0.3, 0.4) is 0 Å². The van der Waals surface area contributed by atoms with Gasteiger partial charge in [0.25, 0.3) is 0 Å². The zero-order valence-corrected chi connectivity index (χ0v) is 8.70. The molecule has 0 amide bonds. The van der Waals surface area contributed by atoms with Crippen LogP contribution in [0.15, 0.2) is 12.3 Å². The number of halogens is 1. The van der Waals surface area contributed by atoms with E-state index >= 15 is 0 Å². The van der Waals surface area contributed by atoms with Gasteiger partial charge in [-0.05, 0) is 24.6 Å². The summed E-state index contributed by atoms with van der Waals surface area (Å²) in [5, 5.41) is 9.79. The van der Waals surface area contributed by atoms with E-state index in [0.29, 0.717) is 13.1 Å². The highest BCUT2D eigenvalue weighted by molar-refractivity contribution is 6.28. The highest BCUT2D eigenvalue weighted by Gasteiger charge is 2.36. The normalized spacial score (nSPS) is 20.5. The van der Waals surface area contributed by atoms with Gasteiger partial charge in [-0.3, -0.25) is 4.90 Å². The van der Waals surface area contributed by atoms with Gasteiger partial charge in [-0.2, -0.15) is 0 Å². The fraction of sp³-hybridized carbons (Fsp3) is 0.556. The van der Waals surface area contributed by atoms with Crippen molar-refractivity contribution in [2.24, 2.45) is 0 Å². The molecule has 0 unspecified atom stereocenters. The molecule has 1 aliphatic rings. The lowest BCUT2D eigenvalue weighted by molar-refractivity contribution is -0.0875. The first-order chi connectivity index (χ1) is 6.55. The summed E-state index contributed by atoms with van der Waals surface area (Å²) < 4.78 is 0. The molecule has 0 atom stereocenters. The number of hydrogen-bond donors (Lipinski definition) is 1. The van der Waals surface area contributed by atoms with Gasteiger partial charge in [0.1, 0.15) is 0 Å². The zero-order chi connectivity index (χ0) is 10.2. The fourth-order valence-electron chi connectivity index (χ4n) is 1.72. The lowest BCUT2D eigenvalue weighted by Gasteiger charge is -2.44. The Bertz CT molecular complexity index is 335. The maximum Gasteiger partial charge on any atom is 0.222 e. The van der Waals surface area contributed by atoms with Crippen molar-refractivity contribution < 1.29 is 5.11 Å². The van der Waals surface area contributed by atoms with E-state index in [4.69, 9.17) is 11.6 Å². The van der Waals surface area contributed by atoms with Gasteiger partial charge in [-0.1, -0.05) is 0 Å². The van der Waals surface area contributed by atoms with Crippen LogP contribution in [0.4, 0.5) is 0 Å². The van der Waals surface area contributed by atoms with Crippen molar-refractivity contribution in [2.45, 2.75) is 19.1 Å². The predicted octanol–water partition coefficient (Wildman–Crippen LogP) is 0.697. The second-order valence-corrected chi connectivity index (χ2v) is 4.30. The standard InChI is InChI=1S/C9H12ClN3O/c1-9(14)5-13(6-9)4-7-2-3-11-8(10)12-7/h2-3,14H,4-6H2,1H3. The minimum absolute atomic E-state index is 0.273. The average molecular weight is 214 g/mol. The van der Waals surface area contributed by atoms with Crippen LogP contribution in [0.25, 0.3) is 0 Å². The Balaban J connectivity index is 1.93. The molecule has 14 heavy (non-hydrogen) atoms. The number of likely N-dealkylation sites (tertiary alicyclic amines) is 1. The quantitative estimate of drug-likeness (QED) is 0.735. The predicted molar refractivity (Wildman–Crippen MR) is 52.9 cm³/mol. The van der Waals surface area contributed by atoms with E-state index in [2.05, 4.69) is 14.9 Å². The van der Waals surface area contributed by atoms with Crippen molar-refractivity contribution in [3.8, 4) is 0 Å². The third-order valence-electron chi connectivity index (χ3n) is 2.20. The Morgan fingerprint density at radius 1 is 1.64 bits per heavy atom. The Morgan fingerprint density at radius 2 is 2.36 bits per heavy atom. The molecule has 76 valence electrons. The summed E-state index contributed by atoms with van der Waals surface area (Å²) >= 11 is 5.66. The topological polar surface area (TPSA) is 49.2 Å². The molecule has 0 radical (unpaired) electrons. The third kappa shape index (κ3) is 2.20. The molecule has 4 nitrogen and oxygen atoms in total. The summed E-state index contributed by atoms with van der Waals surface area (Å²) in [6.07, 6.45) is 1.64. The summed E-state index contributed by atoms with van der Waals surface area (Å²) in [7, 11) is 0. The molecule has 0 spiro atoms. The Labute approximate surface area is 87.5 Å². The number of aromatic nitrogens is 2. The molecule has 0 saturated carbocycles. The van der Waals surface area contributed by atoms with Crippen LogP contribution in [0, 0.1) is 0 Å². The number of nitrogens with zero attached hydrogens (tertiary/aromatic N) is 3. The molecule has 0 aliphatic carbocycles. The van der Waals surface area contributed by atoms with Crippen molar-refractivity contribution in [3.05, 3.63) is 23.2 Å². The lowest BCUT2D eigenvalue weighted by Crippen LogP contribution is -2.59. The smallest absolute Gasteiger partial charge is 0.222 e. The first kappa shape index (κ1) is 9.83. The first-order valence-electron chi connectivity index (χ1n) is 4.47. The van der Waals surface area contributed by atoms with Crippen molar-refractivity contribution in [3.63, 3.8) is 0 Å². The van der Waals surface area contributed by atoms with Crippen molar-refractivity contribution in [1.82, 2.24) is 14.9 Å². The van der Waals surface area contributed by atoms with Crippen molar-refractivity contribution in [2.75, 3.05) is 13.1 Å². The van der Waals surface area contributed by atoms with Crippen LogP contribution in [-0.4, -0.2) is 38.7 Å². The number of aliphatic hydroxyl groups is 1. The molecule has 1 fully saturated rings. The Kier molecular flexibility index (Phi) is 2.43. The molecule has 1 N–H and O–H groups in total. The summed E-state index contributed by atoms with van der Waals surface area (Å²) in [5.41, 5.74) is 0.358. The van der Waals surface area contributed by atoms with Crippen LogP contribution in [-0.2, 0) is 6.54 Å².